The van der Waals surface area contributed by atoms with Crippen LogP contribution in [0.2, 0.25) is 0 Å². The number of rotatable bonds is 7. The molecule has 2 rings (SSSR count). The molecule has 2 aromatic rings. The zero-order chi connectivity index (χ0) is 20.9. The van der Waals surface area contributed by atoms with Crippen LogP contribution in [0.4, 0.5) is 13.2 Å². The van der Waals surface area contributed by atoms with Gasteiger partial charge in [0.2, 0.25) is 5.75 Å². The van der Waals surface area contributed by atoms with Crippen LogP contribution >= 0.6 is 11.8 Å². The first-order valence-electron chi connectivity index (χ1n) is 8.09. The lowest BCUT2D eigenvalue weighted by atomic mass is 10.1. The number of carbonyl (C=O) groups excluding carboxylic acids is 1. The van der Waals surface area contributed by atoms with Crippen LogP contribution in [-0.4, -0.2) is 44.7 Å². The SMILES string of the molecule is COc1ccc(CN(C)C(=O)c2ccc(SC(F)(F)F)cc2)c(OC)c1OC. The largest absolute Gasteiger partial charge is 0.493 e. The number of methoxy groups -OCH3 is 3. The van der Waals surface area contributed by atoms with E-state index in [1.807, 2.05) is 0 Å². The van der Waals surface area contributed by atoms with E-state index in [0.29, 0.717) is 22.8 Å². The van der Waals surface area contributed by atoms with Crippen molar-refractivity contribution in [2.24, 2.45) is 0 Å². The number of nitrogens with zero attached hydrogens (tertiary/aromatic N) is 1. The zero-order valence-corrected chi connectivity index (χ0v) is 16.6. The van der Waals surface area contributed by atoms with Crippen LogP contribution in [0.15, 0.2) is 41.3 Å². The van der Waals surface area contributed by atoms with Crippen LogP contribution in [-0.2, 0) is 6.54 Å². The fraction of sp³-hybridized carbons (Fsp3) is 0.316. The van der Waals surface area contributed by atoms with Crippen molar-refractivity contribution in [3.8, 4) is 17.2 Å². The highest BCUT2D eigenvalue weighted by Gasteiger charge is 2.29. The summed E-state index contributed by atoms with van der Waals surface area (Å²) in [5.74, 6) is 1.02. The lowest BCUT2D eigenvalue weighted by Gasteiger charge is -2.21. The van der Waals surface area contributed by atoms with E-state index in [2.05, 4.69) is 0 Å². The topological polar surface area (TPSA) is 48.0 Å². The normalized spacial score (nSPS) is 11.1. The molecule has 9 heteroatoms. The maximum absolute atomic E-state index is 12.6. The number of benzene rings is 2. The monoisotopic (exact) mass is 415 g/mol. The quantitative estimate of drug-likeness (QED) is 0.619. The molecule has 2 aromatic carbocycles. The summed E-state index contributed by atoms with van der Waals surface area (Å²) in [5, 5.41) is 0. The molecule has 0 aliphatic heterocycles. The summed E-state index contributed by atoms with van der Waals surface area (Å²) in [6.45, 7) is 0.210. The van der Waals surface area contributed by atoms with Crippen LogP contribution in [0.1, 0.15) is 15.9 Å². The first kappa shape index (κ1) is 21.7. The highest BCUT2D eigenvalue weighted by molar-refractivity contribution is 8.00. The summed E-state index contributed by atoms with van der Waals surface area (Å²) in [6, 6.07) is 8.76. The Hall–Kier alpha value is -2.55. The van der Waals surface area contributed by atoms with Crippen molar-refractivity contribution in [1.29, 1.82) is 0 Å². The first-order chi connectivity index (χ1) is 13.2. The zero-order valence-electron chi connectivity index (χ0n) is 15.8. The van der Waals surface area contributed by atoms with Crippen molar-refractivity contribution >= 4 is 17.7 Å². The molecule has 0 radical (unpaired) electrons. The molecule has 5 nitrogen and oxygen atoms in total. The van der Waals surface area contributed by atoms with Gasteiger partial charge in [-0.3, -0.25) is 4.79 Å². The second-order valence-electron chi connectivity index (χ2n) is 5.73. The molecule has 0 fully saturated rings. The number of hydrogen-bond donors (Lipinski definition) is 0. The van der Waals surface area contributed by atoms with Gasteiger partial charge in [-0.2, -0.15) is 13.2 Å². The van der Waals surface area contributed by atoms with Gasteiger partial charge in [-0.15, -0.1) is 0 Å². The molecule has 0 heterocycles. The molecular weight excluding hydrogens is 395 g/mol. The number of amides is 1. The Bertz CT molecular complexity index is 825. The Morgan fingerprint density at radius 2 is 1.57 bits per heavy atom. The second-order valence-corrected chi connectivity index (χ2v) is 6.87. The fourth-order valence-corrected chi connectivity index (χ4v) is 3.17. The standard InChI is InChI=1S/C19H20F3NO4S/c1-23(11-13-7-10-15(25-2)17(27-4)16(13)26-3)18(24)12-5-8-14(9-6-12)28-19(20,21)22/h5-10H,11H2,1-4H3. The number of hydrogen-bond acceptors (Lipinski definition) is 5. The average molecular weight is 415 g/mol. The van der Waals surface area contributed by atoms with Gasteiger partial charge in [0, 0.05) is 29.6 Å². The van der Waals surface area contributed by atoms with Gasteiger partial charge in [-0.1, -0.05) is 0 Å². The Labute approximate surface area is 165 Å². The second kappa shape index (κ2) is 9.09. The number of thioether (sulfide) groups is 1. The van der Waals surface area contributed by atoms with Crippen LogP contribution in [0.3, 0.4) is 0 Å². The molecule has 0 aromatic heterocycles. The third-order valence-electron chi connectivity index (χ3n) is 3.87. The van der Waals surface area contributed by atoms with Gasteiger partial charge in [-0.25, -0.2) is 0 Å². The lowest BCUT2D eigenvalue weighted by Crippen LogP contribution is -2.26. The highest BCUT2D eigenvalue weighted by Crippen LogP contribution is 2.40. The van der Waals surface area contributed by atoms with Gasteiger partial charge in [0.1, 0.15) is 0 Å². The molecular formula is C19H20F3NO4S. The molecule has 0 aliphatic rings. The smallest absolute Gasteiger partial charge is 0.446 e. The van der Waals surface area contributed by atoms with E-state index in [-0.39, 0.29) is 34.7 Å². The average Bonchev–Trinajstić information content (AvgIpc) is 2.66. The van der Waals surface area contributed by atoms with Gasteiger partial charge in [-0.05, 0) is 48.2 Å². The maximum atomic E-state index is 12.6. The Morgan fingerprint density at radius 1 is 0.964 bits per heavy atom. The van der Waals surface area contributed by atoms with Gasteiger partial charge in [0.05, 0.1) is 21.3 Å². The molecule has 28 heavy (non-hydrogen) atoms. The predicted molar refractivity (Wildman–Crippen MR) is 100 cm³/mol. The van der Waals surface area contributed by atoms with E-state index < -0.39 is 5.51 Å². The molecule has 0 saturated heterocycles. The molecule has 0 spiro atoms. The summed E-state index contributed by atoms with van der Waals surface area (Å²) in [5.41, 5.74) is -3.39. The minimum Gasteiger partial charge on any atom is -0.493 e. The van der Waals surface area contributed by atoms with Crippen LogP contribution in [0.5, 0.6) is 17.2 Å². The number of ether oxygens (including phenoxy) is 3. The van der Waals surface area contributed by atoms with Crippen molar-refractivity contribution in [1.82, 2.24) is 4.90 Å². The van der Waals surface area contributed by atoms with E-state index in [1.54, 1.807) is 19.2 Å². The minimum atomic E-state index is -4.37. The molecule has 0 N–H and O–H groups in total. The molecule has 0 aliphatic carbocycles. The Morgan fingerprint density at radius 3 is 2.07 bits per heavy atom. The third kappa shape index (κ3) is 5.25. The number of alkyl halides is 3. The maximum Gasteiger partial charge on any atom is 0.446 e. The number of halogens is 3. The molecule has 0 saturated carbocycles. The summed E-state index contributed by atoms with van der Waals surface area (Å²) < 4.78 is 53.2. The van der Waals surface area contributed by atoms with Crippen LogP contribution in [0.25, 0.3) is 0 Å². The molecule has 0 unspecified atom stereocenters. The summed E-state index contributed by atoms with van der Waals surface area (Å²) >= 11 is -0.223. The third-order valence-corrected chi connectivity index (χ3v) is 4.61. The molecule has 0 atom stereocenters. The van der Waals surface area contributed by atoms with Crippen LogP contribution < -0.4 is 14.2 Å². The van der Waals surface area contributed by atoms with Crippen molar-refractivity contribution in [3.05, 3.63) is 47.5 Å². The van der Waals surface area contributed by atoms with E-state index >= 15 is 0 Å². The van der Waals surface area contributed by atoms with Gasteiger partial charge >= 0.3 is 5.51 Å². The molecule has 152 valence electrons. The van der Waals surface area contributed by atoms with Gasteiger partial charge in [0.25, 0.3) is 5.91 Å². The van der Waals surface area contributed by atoms with E-state index in [9.17, 15) is 18.0 Å². The van der Waals surface area contributed by atoms with E-state index in [0.717, 1.165) is 0 Å². The number of carbonyl (C=O) groups is 1. The fourth-order valence-electron chi connectivity index (χ4n) is 2.63. The minimum absolute atomic E-state index is 0.0215. The van der Waals surface area contributed by atoms with Crippen LogP contribution in [0, 0.1) is 0 Å². The highest BCUT2D eigenvalue weighted by atomic mass is 32.2. The summed E-state index contributed by atoms with van der Waals surface area (Å²) in [7, 11) is 6.07. The van der Waals surface area contributed by atoms with E-state index in [1.165, 1.54) is 50.5 Å². The van der Waals surface area contributed by atoms with Crippen molar-refractivity contribution in [2.75, 3.05) is 28.4 Å². The first-order valence-corrected chi connectivity index (χ1v) is 8.91. The molecule has 0 bridgehead atoms. The Balaban J connectivity index is 2.18. The van der Waals surface area contributed by atoms with Gasteiger partial charge < -0.3 is 19.1 Å². The van der Waals surface area contributed by atoms with Crippen molar-refractivity contribution < 1.29 is 32.2 Å². The predicted octanol–water partition coefficient (Wildman–Crippen LogP) is 4.60. The summed E-state index contributed by atoms with van der Waals surface area (Å²) in [6.07, 6.45) is 0. The lowest BCUT2D eigenvalue weighted by molar-refractivity contribution is -0.0328. The Kier molecular flexibility index (Phi) is 7.06. The van der Waals surface area contributed by atoms with Crippen molar-refractivity contribution in [2.45, 2.75) is 16.9 Å². The van der Waals surface area contributed by atoms with Gasteiger partial charge in [0.15, 0.2) is 11.5 Å². The summed E-state index contributed by atoms with van der Waals surface area (Å²) in [4.78, 5) is 14.1. The molecule has 1 amide bonds. The van der Waals surface area contributed by atoms with E-state index in [4.69, 9.17) is 14.2 Å². The van der Waals surface area contributed by atoms with Crippen molar-refractivity contribution in [3.63, 3.8) is 0 Å².